The van der Waals surface area contributed by atoms with Crippen molar-refractivity contribution in [3.63, 3.8) is 0 Å². The molecular formula is C17H20N4O3S. The van der Waals surface area contributed by atoms with Crippen molar-refractivity contribution in [3.05, 3.63) is 46.4 Å². The Morgan fingerprint density at radius 3 is 2.92 bits per heavy atom. The molecule has 1 atom stereocenters. The summed E-state index contributed by atoms with van der Waals surface area (Å²) in [5.41, 5.74) is 4.15. The first-order valence-corrected chi connectivity index (χ1v) is 9.05. The van der Waals surface area contributed by atoms with Gasteiger partial charge in [-0.3, -0.25) is 4.79 Å². The maximum atomic E-state index is 12.1. The highest BCUT2D eigenvalue weighted by Gasteiger charge is 2.23. The monoisotopic (exact) mass is 360 g/mol. The van der Waals surface area contributed by atoms with E-state index in [-0.39, 0.29) is 18.0 Å². The number of amides is 3. The molecule has 0 spiro atoms. The van der Waals surface area contributed by atoms with Crippen LogP contribution >= 0.6 is 11.3 Å². The second-order valence-corrected chi connectivity index (χ2v) is 6.43. The van der Waals surface area contributed by atoms with Crippen LogP contribution in [-0.4, -0.2) is 29.6 Å². The minimum Gasteiger partial charge on any atom is -0.368 e. The van der Waals surface area contributed by atoms with E-state index in [1.807, 2.05) is 29.6 Å². The van der Waals surface area contributed by atoms with E-state index in [0.29, 0.717) is 25.4 Å². The van der Waals surface area contributed by atoms with Crippen LogP contribution in [0.5, 0.6) is 0 Å². The second-order valence-electron chi connectivity index (χ2n) is 5.71. The van der Waals surface area contributed by atoms with Crippen molar-refractivity contribution in [2.24, 2.45) is 0 Å². The first kappa shape index (κ1) is 17.4. The highest BCUT2D eigenvalue weighted by atomic mass is 32.1. The standard InChI is InChI=1S/C17H20N4O3S/c22-16(15-5-2-6-24-15)21-13-4-1-3-12(7-13)8-18-17(23)19-9-14-10-25-11-20-14/h1,3-4,7,10-11,15H,2,5-6,8-9H2,(H,21,22)(H2,18,19,23). The molecular weight excluding hydrogens is 340 g/mol. The van der Waals surface area contributed by atoms with Crippen molar-refractivity contribution in [2.75, 3.05) is 11.9 Å². The van der Waals surface area contributed by atoms with E-state index < -0.39 is 0 Å². The number of nitrogens with zero attached hydrogens (tertiary/aromatic N) is 1. The summed E-state index contributed by atoms with van der Waals surface area (Å²) in [6.07, 6.45) is 1.31. The van der Waals surface area contributed by atoms with Gasteiger partial charge in [0.1, 0.15) is 6.10 Å². The van der Waals surface area contributed by atoms with Crippen LogP contribution in [0, 0.1) is 0 Å². The van der Waals surface area contributed by atoms with E-state index in [9.17, 15) is 9.59 Å². The Labute approximate surface area is 149 Å². The SMILES string of the molecule is O=C(NCc1cccc(NC(=O)C2CCCO2)c1)NCc1cscn1. The normalized spacial score (nSPS) is 16.4. The van der Waals surface area contributed by atoms with Crippen molar-refractivity contribution in [2.45, 2.75) is 32.0 Å². The zero-order valence-electron chi connectivity index (χ0n) is 13.7. The van der Waals surface area contributed by atoms with Gasteiger partial charge < -0.3 is 20.7 Å². The zero-order chi connectivity index (χ0) is 17.5. The molecule has 0 aliphatic carbocycles. The molecule has 0 bridgehead atoms. The van der Waals surface area contributed by atoms with Crippen LogP contribution in [0.1, 0.15) is 24.1 Å². The molecule has 132 valence electrons. The van der Waals surface area contributed by atoms with Crippen molar-refractivity contribution in [1.29, 1.82) is 0 Å². The molecule has 3 N–H and O–H groups in total. The van der Waals surface area contributed by atoms with Gasteiger partial charge >= 0.3 is 6.03 Å². The number of aromatic nitrogens is 1. The van der Waals surface area contributed by atoms with E-state index in [2.05, 4.69) is 20.9 Å². The maximum Gasteiger partial charge on any atom is 0.315 e. The largest absolute Gasteiger partial charge is 0.368 e. The quantitative estimate of drug-likeness (QED) is 0.737. The summed E-state index contributed by atoms with van der Waals surface area (Å²) in [6.45, 7) is 1.40. The number of benzene rings is 1. The highest BCUT2D eigenvalue weighted by Crippen LogP contribution is 2.16. The van der Waals surface area contributed by atoms with Gasteiger partial charge in [0.15, 0.2) is 0 Å². The fourth-order valence-electron chi connectivity index (χ4n) is 2.51. The van der Waals surface area contributed by atoms with Crippen LogP contribution in [0.3, 0.4) is 0 Å². The molecule has 3 rings (SSSR count). The summed E-state index contributed by atoms with van der Waals surface area (Å²) in [4.78, 5) is 28.0. The fourth-order valence-corrected chi connectivity index (χ4v) is 3.07. The Balaban J connectivity index is 1.46. The molecule has 2 aromatic rings. The third-order valence-electron chi connectivity index (χ3n) is 3.78. The third-order valence-corrected chi connectivity index (χ3v) is 4.42. The number of ether oxygens (including phenoxy) is 1. The van der Waals surface area contributed by atoms with Crippen LogP contribution in [0.4, 0.5) is 10.5 Å². The third kappa shape index (κ3) is 5.27. The number of hydrogen-bond donors (Lipinski definition) is 3. The van der Waals surface area contributed by atoms with Crippen LogP contribution in [0.2, 0.25) is 0 Å². The molecule has 7 nitrogen and oxygen atoms in total. The molecule has 8 heteroatoms. The lowest BCUT2D eigenvalue weighted by Crippen LogP contribution is -2.34. The first-order valence-electron chi connectivity index (χ1n) is 8.11. The van der Waals surface area contributed by atoms with Gasteiger partial charge in [-0.05, 0) is 30.5 Å². The molecule has 3 amide bonds. The summed E-state index contributed by atoms with van der Waals surface area (Å²) in [6, 6.07) is 7.13. The Bertz CT molecular complexity index is 714. The topological polar surface area (TPSA) is 92.4 Å². The molecule has 1 unspecified atom stereocenters. The molecule has 0 saturated carbocycles. The van der Waals surface area contributed by atoms with Crippen molar-refractivity contribution in [1.82, 2.24) is 15.6 Å². The molecule has 1 aromatic heterocycles. The number of nitrogens with one attached hydrogen (secondary N) is 3. The summed E-state index contributed by atoms with van der Waals surface area (Å²) in [5, 5.41) is 10.3. The number of rotatable bonds is 6. The van der Waals surface area contributed by atoms with E-state index in [1.54, 1.807) is 5.51 Å². The van der Waals surface area contributed by atoms with E-state index in [1.165, 1.54) is 11.3 Å². The van der Waals surface area contributed by atoms with Crippen LogP contribution in [0.25, 0.3) is 0 Å². The van der Waals surface area contributed by atoms with Gasteiger partial charge in [-0.1, -0.05) is 12.1 Å². The number of carbonyl (C=O) groups excluding carboxylic acids is 2. The minimum atomic E-state index is -0.363. The lowest BCUT2D eigenvalue weighted by Gasteiger charge is -2.12. The molecule has 25 heavy (non-hydrogen) atoms. The number of anilines is 1. The van der Waals surface area contributed by atoms with Gasteiger partial charge in [-0.25, -0.2) is 9.78 Å². The Kier molecular flexibility index (Phi) is 5.97. The molecule has 1 saturated heterocycles. The molecule has 1 fully saturated rings. The number of urea groups is 1. The highest BCUT2D eigenvalue weighted by molar-refractivity contribution is 7.07. The number of carbonyl (C=O) groups is 2. The second kappa shape index (κ2) is 8.59. The summed E-state index contributed by atoms with van der Waals surface area (Å²) < 4.78 is 5.37. The predicted octanol–water partition coefficient (Wildman–Crippen LogP) is 2.26. The molecule has 0 radical (unpaired) electrons. The summed E-state index contributed by atoms with van der Waals surface area (Å²) in [7, 11) is 0. The van der Waals surface area contributed by atoms with Gasteiger partial charge in [0.2, 0.25) is 0 Å². The Morgan fingerprint density at radius 2 is 2.16 bits per heavy atom. The van der Waals surface area contributed by atoms with E-state index >= 15 is 0 Å². The number of hydrogen-bond acceptors (Lipinski definition) is 5. The van der Waals surface area contributed by atoms with Gasteiger partial charge in [0.05, 0.1) is 17.7 Å². The van der Waals surface area contributed by atoms with Crippen molar-refractivity contribution < 1.29 is 14.3 Å². The van der Waals surface area contributed by atoms with Crippen LogP contribution in [-0.2, 0) is 22.6 Å². The molecule has 1 aliphatic rings. The van der Waals surface area contributed by atoms with Crippen LogP contribution < -0.4 is 16.0 Å². The summed E-state index contributed by atoms with van der Waals surface area (Å²) in [5.74, 6) is -0.122. The van der Waals surface area contributed by atoms with Crippen molar-refractivity contribution >= 4 is 29.0 Å². The Morgan fingerprint density at radius 1 is 1.28 bits per heavy atom. The van der Waals surface area contributed by atoms with Gasteiger partial charge in [-0.2, -0.15) is 0 Å². The predicted molar refractivity (Wildman–Crippen MR) is 95.2 cm³/mol. The first-order chi connectivity index (χ1) is 12.2. The Hall–Kier alpha value is -2.45. The average Bonchev–Trinajstić information content (AvgIpc) is 3.32. The average molecular weight is 360 g/mol. The van der Waals surface area contributed by atoms with Gasteiger partial charge in [-0.15, -0.1) is 11.3 Å². The van der Waals surface area contributed by atoms with Crippen LogP contribution in [0.15, 0.2) is 35.2 Å². The van der Waals surface area contributed by atoms with Gasteiger partial charge in [0.25, 0.3) is 5.91 Å². The van der Waals surface area contributed by atoms with E-state index in [0.717, 1.165) is 24.1 Å². The minimum absolute atomic E-state index is 0.122. The summed E-state index contributed by atoms with van der Waals surface area (Å²) >= 11 is 1.49. The zero-order valence-corrected chi connectivity index (χ0v) is 14.5. The van der Waals surface area contributed by atoms with Crippen molar-refractivity contribution in [3.8, 4) is 0 Å². The smallest absolute Gasteiger partial charge is 0.315 e. The fraction of sp³-hybridized carbons (Fsp3) is 0.353. The lowest BCUT2D eigenvalue weighted by molar-refractivity contribution is -0.124. The number of thiazole rings is 1. The van der Waals surface area contributed by atoms with E-state index in [4.69, 9.17) is 4.74 Å². The molecule has 1 aliphatic heterocycles. The maximum absolute atomic E-state index is 12.1. The molecule has 1 aromatic carbocycles. The van der Waals surface area contributed by atoms with Gasteiger partial charge in [0, 0.05) is 24.2 Å². The lowest BCUT2D eigenvalue weighted by atomic mass is 10.2. The molecule has 2 heterocycles.